The van der Waals surface area contributed by atoms with Gasteiger partial charge in [0.1, 0.15) is 0 Å². The number of benzene rings is 1. The molecule has 0 heterocycles. The zero-order valence-electron chi connectivity index (χ0n) is 5.44. The molecule has 1 aromatic carbocycles. The first-order chi connectivity index (χ1) is 5.00. The molecule has 11 heavy (non-hydrogen) atoms. The molecule has 1 nitrogen and oxygen atoms in total. The Bertz CT molecular complexity index is 237. The number of nitrogens with two attached hydrogens (primary N) is 1. The second-order valence-corrected chi connectivity index (χ2v) is 2.03. The lowest BCUT2D eigenvalue weighted by Crippen LogP contribution is -2.04. The predicted octanol–water partition coefficient (Wildman–Crippen LogP) is 2.09. The number of rotatable bonds is 0. The van der Waals surface area contributed by atoms with Crippen LogP contribution in [-0.4, -0.2) is 0 Å². The van der Waals surface area contributed by atoms with Gasteiger partial charge >= 0.3 is 6.18 Å². The van der Waals surface area contributed by atoms with Gasteiger partial charge in [0.2, 0.25) is 0 Å². The van der Waals surface area contributed by atoms with Gasteiger partial charge < -0.3 is 5.73 Å². The fraction of sp³-hybridized carbons (Fsp3) is 0.143. The fourth-order valence-corrected chi connectivity index (χ4v) is 0.613. The van der Waals surface area contributed by atoms with E-state index in [-0.39, 0.29) is 5.69 Å². The highest BCUT2D eigenvalue weighted by Gasteiger charge is 2.29. The lowest BCUT2D eigenvalue weighted by molar-refractivity contribution is -0.137. The van der Waals surface area contributed by atoms with Crippen LogP contribution in [0.5, 0.6) is 0 Å². The van der Waals surface area contributed by atoms with Crippen LogP contribution in [0, 0.1) is 6.07 Å². The van der Waals surface area contributed by atoms with Crippen molar-refractivity contribution < 1.29 is 13.2 Å². The van der Waals surface area contributed by atoms with Crippen molar-refractivity contribution in [2.24, 2.45) is 0 Å². The monoisotopic (exact) mass is 160 g/mol. The third kappa shape index (κ3) is 1.86. The summed E-state index contributed by atoms with van der Waals surface area (Å²) in [5.41, 5.74) is 4.62. The molecule has 4 heteroatoms. The Morgan fingerprint density at radius 3 is 2.27 bits per heavy atom. The second-order valence-electron chi connectivity index (χ2n) is 2.03. The van der Waals surface area contributed by atoms with Crippen molar-refractivity contribution in [3.63, 3.8) is 0 Å². The molecule has 0 aromatic heterocycles. The number of alkyl halides is 3. The summed E-state index contributed by atoms with van der Waals surface area (Å²) < 4.78 is 35.6. The van der Waals surface area contributed by atoms with Gasteiger partial charge in [-0.05, 0) is 18.2 Å². The summed E-state index contributed by atoms with van der Waals surface area (Å²) in [5, 5.41) is 0. The van der Waals surface area contributed by atoms with Crippen molar-refractivity contribution in [2.45, 2.75) is 6.18 Å². The molecule has 1 rings (SSSR count). The summed E-state index contributed by atoms with van der Waals surface area (Å²) in [5.74, 6) is 0. The quantitative estimate of drug-likeness (QED) is 0.578. The summed E-state index contributed by atoms with van der Waals surface area (Å²) in [7, 11) is 0. The molecule has 0 aliphatic heterocycles. The summed E-state index contributed by atoms with van der Waals surface area (Å²) >= 11 is 0. The average molecular weight is 160 g/mol. The molecule has 0 unspecified atom stereocenters. The number of nitrogen functional groups attached to an aromatic ring is 1. The molecular weight excluding hydrogens is 155 g/mol. The second kappa shape index (κ2) is 2.45. The zero-order chi connectivity index (χ0) is 8.48. The Hall–Kier alpha value is -1.19. The summed E-state index contributed by atoms with van der Waals surface area (Å²) in [4.78, 5) is 0. The van der Waals surface area contributed by atoms with Crippen LogP contribution in [-0.2, 0) is 6.18 Å². The molecule has 0 saturated carbocycles. The van der Waals surface area contributed by atoms with Crippen LogP contribution < -0.4 is 5.73 Å². The highest BCUT2D eigenvalue weighted by molar-refractivity contribution is 5.38. The maximum Gasteiger partial charge on any atom is 0.416 e. The third-order valence-corrected chi connectivity index (χ3v) is 1.16. The van der Waals surface area contributed by atoms with Crippen LogP contribution in [0.4, 0.5) is 18.9 Å². The molecule has 0 amide bonds. The summed E-state index contributed by atoms with van der Waals surface area (Å²) in [6, 6.07) is 5.18. The number of hydrogen-bond acceptors (Lipinski definition) is 1. The fourth-order valence-electron chi connectivity index (χ4n) is 0.613. The minimum absolute atomic E-state index is 0.206. The minimum Gasteiger partial charge on any atom is -0.398 e. The number of hydrogen-bond donors (Lipinski definition) is 1. The normalized spacial score (nSPS) is 11.5. The van der Waals surface area contributed by atoms with E-state index in [2.05, 4.69) is 6.07 Å². The highest BCUT2D eigenvalue weighted by Crippen LogP contribution is 2.28. The minimum atomic E-state index is -4.30. The molecule has 0 aliphatic rings. The predicted molar refractivity (Wildman–Crippen MR) is 34.7 cm³/mol. The Morgan fingerprint density at radius 1 is 1.27 bits per heavy atom. The third-order valence-electron chi connectivity index (χ3n) is 1.16. The summed E-state index contributed by atoms with van der Waals surface area (Å²) in [6.45, 7) is 0. The molecule has 1 aromatic rings. The molecule has 0 aliphatic carbocycles. The SMILES string of the molecule is Nc1[c]cc(C(F)(F)F)cc1. The van der Waals surface area contributed by atoms with Gasteiger partial charge in [-0.2, -0.15) is 13.2 Å². The largest absolute Gasteiger partial charge is 0.416 e. The first-order valence-corrected chi connectivity index (χ1v) is 2.84. The molecular formula is C7H5F3N. The van der Waals surface area contributed by atoms with E-state index in [0.29, 0.717) is 0 Å². The number of anilines is 1. The lowest BCUT2D eigenvalue weighted by atomic mass is 10.2. The van der Waals surface area contributed by atoms with E-state index in [1.54, 1.807) is 0 Å². The van der Waals surface area contributed by atoms with Crippen LogP contribution in [0.1, 0.15) is 5.56 Å². The lowest BCUT2D eigenvalue weighted by Gasteiger charge is -2.04. The van der Waals surface area contributed by atoms with Crippen molar-refractivity contribution in [1.29, 1.82) is 0 Å². The molecule has 0 spiro atoms. The molecule has 2 N–H and O–H groups in total. The average Bonchev–Trinajstić information content (AvgIpc) is 1.86. The Balaban J connectivity index is 2.99. The van der Waals surface area contributed by atoms with Gasteiger partial charge in [0, 0.05) is 11.8 Å². The highest BCUT2D eigenvalue weighted by atomic mass is 19.4. The van der Waals surface area contributed by atoms with Gasteiger partial charge in [0.15, 0.2) is 0 Å². The molecule has 1 radical (unpaired) electrons. The van der Waals surface area contributed by atoms with Crippen molar-refractivity contribution in [1.82, 2.24) is 0 Å². The molecule has 0 atom stereocenters. The molecule has 0 fully saturated rings. The van der Waals surface area contributed by atoms with Gasteiger partial charge in [-0.25, -0.2) is 0 Å². The topological polar surface area (TPSA) is 26.0 Å². The van der Waals surface area contributed by atoms with Gasteiger partial charge in [0.25, 0.3) is 0 Å². The van der Waals surface area contributed by atoms with E-state index in [1.165, 1.54) is 6.07 Å². The van der Waals surface area contributed by atoms with Gasteiger partial charge in [-0.15, -0.1) is 0 Å². The van der Waals surface area contributed by atoms with Crippen LogP contribution in [0.3, 0.4) is 0 Å². The van der Waals surface area contributed by atoms with Crippen LogP contribution in [0.2, 0.25) is 0 Å². The van der Waals surface area contributed by atoms with Crippen molar-refractivity contribution >= 4 is 5.69 Å². The Labute approximate surface area is 61.6 Å². The van der Waals surface area contributed by atoms with Gasteiger partial charge in [0.05, 0.1) is 5.56 Å². The van der Waals surface area contributed by atoms with Crippen molar-refractivity contribution in [3.05, 3.63) is 29.8 Å². The smallest absolute Gasteiger partial charge is 0.398 e. The Morgan fingerprint density at radius 2 is 1.91 bits per heavy atom. The van der Waals surface area contributed by atoms with Crippen LogP contribution in [0.15, 0.2) is 18.2 Å². The van der Waals surface area contributed by atoms with Gasteiger partial charge in [-0.3, -0.25) is 0 Å². The van der Waals surface area contributed by atoms with Gasteiger partial charge in [-0.1, -0.05) is 0 Å². The first kappa shape index (κ1) is 7.91. The van der Waals surface area contributed by atoms with E-state index in [4.69, 9.17) is 5.73 Å². The van der Waals surface area contributed by atoms with E-state index in [0.717, 1.165) is 12.1 Å². The standard InChI is InChI=1S/C7H5F3N/c8-7(9,10)5-1-3-6(11)4-2-5/h1-3H,11H2. The maximum atomic E-state index is 11.9. The van der Waals surface area contributed by atoms with E-state index >= 15 is 0 Å². The van der Waals surface area contributed by atoms with Crippen molar-refractivity contribution in [3.8, 4) is 0 Å². The van der Waals surface area contributed by atoms with Crippen molar-refractivity contribution in [2.75, 3.05) is 5.73 Å². The zero-order valence-corrected chi connectivity index (χ0v) is 5.44. The molecule has 0 saturated heterocycles. The van der Waals surface area contributed by atoms with Crippen LogP contribution in [0.25, 0.3) is 0 Å². The number of halogens is 3. The van der Waals surface area contributed by atoms with E-state index in [1.807, 2.05) is 0 Å². The molecule has 59 valence electrons. The van der Waals surface area contributed by atoms with Crippen LogP contribution >= 0.6 is 0 Å². The van der Waals surface area contributed by atoms with E-state index < -0.39 is 11.7 Å². The van der Waals surface area contributed by atoms with E-state index in [9.17, 15) is 13.2 Å². The summed E-state index contributed by atoms with van der Waals surface area (Å²) in [6.07, 6.45) is -4.30. The Kier molecular flexibility index (Phi) is 1.76. The molecule has 0 bridgehead atoms. The maximum absolute atomic E-state index is 11.9. The first-order valence-electron chi connectivity index (χ1n) is 2.84.